The van der Waals surface area contributed by atoms with Crippen LogP contribution in [0.4, 0.5) is 0 Å². The summed E-state index contributed by atoms with van der Waals surface area (Å²) < 4.78 is 29.3. The molecule has 3 nitrogen and oxygen atoms in total. The molecule has 3 atom stereocenters. The van der Waals surface area contributed by atoms with E-state index in [9.17, 15) is 8.42 Å². The number of aryl methyl sites for hydroxylation is 1. The van der Waals surface area contributed by atoms with Crippen molar-refractivity contribution in [1.29, 1.82) is 0 Å². The first-order valence-electron chi connectivity index (χ1n) is 10.4. The molecule has 29 heavy (non-hydrogen) atoms. The van der Waals surface area contributed by atoms with Gasteiger partial charge in [-0.3, -0.25) is 0 Å². The van der Waals surface area contributed by atoms with Gasteiger partial charge in [0.2, 0.25) is 10.0 Å². The van der Waals surface area contributed by atoms with Crippen molar-refractivity contribution in [1.82, 2.24) is 4.31 Å². The molecule has 1 saturated heterocycles. The van der Waals surface area contributed by atoms with Crippen LogP contribution in [-0.2, 0) is 15.6 Å². The Balaban J connectivity index is 1.85. The lowest BCUT2D eigenvalue weighted by Crippen LogP contribution is -2.48. The van der Waals surface area contributed by atoms with Crippen LogP contribution < -0.4 is 0 Å². The Kier molecular flexibility index (Phi) is 4.72. The van der Waals surface area contributed by atoms with Crippen molar-refractivity contribution in [2.45, 2.75) is 50.3 Å². The second-order valence-electron chi connectivity index (χ2n) is 9.93. The third-order valence-electron chi connectivity index (χ3n) is 6.77. The van der Waals surface area contributed by atoms with E-state index < -0.39 is 23.6 Å². The first kappa shape index (κ1) is 20.6. The summed E-state index contributed by atoms with van der Waals surface area (Å²) in [6, 6.07) is 17.4. The van der Waals surface area contributed by atoms with Crippen molar-refractivity contribution in [2.75, 3.05) is 6.54 Å². The molecule has 2 unspecified atom stereocenters. The zero-order valence-corrected chi connectivity index (χ0v) is 19.8. The Morgan fingerprint density at radius 2 is 1.66 bits per heavy atom. The fraction of sp³-hybridized carbons (Fsp3) is 0.417. The van der Waals surface area contributed by atoms with Gasteiger partial charge in [-0.25, -0.2) is 8.42 Å². The molecule has 5 heteroatoms. The van der Waals surface area contributed by atoms with E-state index in [1.807, 2.05) is 37.3 Å². The molecule has 1 heterocycles. The smallest absolute Gasteiger partial charge is 0.207 e. The zero-order chi connectivity index (χ0) is 21.1. The molecule has 0 spiro atoms. The summed E-state index contributed by atoms with van der Waals surface area (Å²) in [4.78, 5) is 0.385. The van der Waals surface area contributed by atoms with Crippen LogP contribution in [0.15, 0.2) is 71.3 Å². The van der Waals surface area contributed by atoms with Crippen molar-refractivity contribution in [2.24, 2.45) is 11.3 Å². The van der Waals surface area contributed by atoms with Gasteiger partial charge in [0.1, 0.15) is 0 Å². The number of rotatable bonds is 5. The third kappa shape index (κ3) is 3.24. The second kappa shape index (κ2) is 6.66. The summed E-state index contributed by atoms with van der Waals surface area (Å²) in [5.41, 5.74) is 3.84. The number of piperidine rings is 1. The molecule has 2 aliphatic rings. The van der Waals surface area contributed by atoms with Gasteiger partial charge >= 0.3 is 0 Å². The van der Waals surface area contributed by atoms with Crippen LogP contribution in [0, 0.1) is 18.3 Å². The molecule has 0 radical (unpaired) electrons. The van der Waals surface area contributed by atoms with E-state index in [2.05, 4.69) is 50.5 Å². The molecule has 0 bridgehead atoms. The minimum Gasteiger partial charge on any atom is -0.207 e. The van der Waals surface area contributed by atoms with Gasteiger partial charge in [-0.1, -0.05) is 79.4 Å². The van der Waals surface area contributed by atoms with Crippen LogP contribution >= 0.6 is 0 Å². The maximum absolute atomic E-state index is 13.8. The van der Waals surface area contributed by atoms with Crippen LogP contribution in [0.1, 0.15) is 24.5 Å². The van der Waals surface area contributed by atoms with E-state index in [1.54, 1.807) is 16.4 Å². The number of hydrogen-bond donors (Lipinski definition) is 0. The average molecular weight is 426 g/mol. The van der Waals surface area contributed by atoms with Crippen LogP contribution in [-0.4, -0.2) is 27.3 Å². The van der Waals surface area contributed by atoms with Crippen molar-refractivity contribution in [3.63, 3.8) is 0 Å². The van der Waals surface area contributed by atoms with Gasteiger partial charge < -0.3 is 0 Å². The summed E-state index contributed by atoms with van der Waals surface area (Å²) >= 11 is 0. The number of nitrogens with zero attached hydrogens (tertiary/aromatic N) is 1. The Morgan fingerprint density at radius 1 is 1.03 bits per heavy atom. The quantitative estimate of drug-likeness (QED) is 0.605. The highest BCUT2D eigenvalue weighted by molar-refractivity contribution is 7.89. The maximum atomic E-state index is 13.8. The Bertz CT molecular complexity index is 1040. The zero-order valence-electron chi connectivity index (χ0n) is 18.0. The molecule has 2 aromatic carbocycles. The standard InChI is InChI=1S/C24H31NO2SSi/c1-19-11-13-22(14-12-19)28(26,27)25-18-21-17-24(21,15-16-29(3,4)5)23(25,2)20-9-7-6-8-10-20/h6-16,21H,17-18H2,1-5H3/b16-15-/t21?,23?,24-/m0/s1. The first-order valence-corrected chi connectivity index (χ1v) is 15.4. The van der Waals surface area contributed by atoms with Crippen molar-refractivity contribution >= 4 is 18.1 Å². The van der Waals surface area contributed by atoms with Crippen molar-refractivity contribution in [3.05, 3.63) is 77.5 Å². The molecule has 0 N–H and O–H groups in total. The highest BCUT2D eigenvalue weighted by atomic mass is 32.2. The Morgan fingerprint density at radius 3 is 2.24 bits per heavy atom. The van der Waals surface area contributed by atoms with Crippen LogP contribution in [0.5, 0.6) is 0 Å². The second-order valence-corrected chi connectivity index (χ2v) is 16.9. The summed E-state index contributed by atoms with van der Waals surface area (Å²) in [5, 5.41) is 0. The summed E-state index contributed by atoms with van der Waals surface area (Å²) in [6.45, 7) is 11.7. The largest absolute Gasteiger partial charge is 0.243 e. The number of benzene rings is 2. The van der Waals surface area contributed by atoms with Gasteiger partial charge in [-0.05, 0) is 43.9 Å². The molecule has 1 aliphatic carbocycles. The fourth-order valence-electron chi connectivity index (χ4n) is 4.90. The van der Waals surface area contributed by atoms with Crippen molar-refractivity contribution in [3.8, 4) is 0 Å². The van der Waals surface area contributed by atoms with Gasteiger partial charge in [0.15, 0.2) is 0 Å². The summed E-state index contributed by atoms with van der Waals surface area (Å²) in [6.07, 6.45) is 3.43. The Hall–Kier alpha value is -1.69. The number of hydrogen-bond acceptors (Lipinski definition) is 2. The summed E-state index contributed by atoms with van der Waals surface area (Å²) in [5.74, 6) is 0.375. The monoisotopic (exact) mass is 425 g/mol. The predicted molar refractivity (Wildman–Crippen MR) is 122 cm³/mol. The molecule has 2 aromatic rings. The van der Waals surface area contributed by atoms with Crippen LogP contribution in [0.3, 0.4) is 0 Å². The molecule has 0 aromatic heterocycles. The highest BCUT2D eigenvalue weighted by Crippen LogP contribution is 2.72. The first-order chi connectivity index (χ1) is 13.5. The molecule has 1 saturated carbocycles. The van der Waals surface area contributed by atoms with Gasteiger partial charge in [-0.2, -0.15) is 4.31 Å². The van der Waals surface area contributed by atoms with E-state index >= 15 is 0 Å². The molecule has 2 fully saturated rings. The predicted octanol–water partition coefficient (Wildman–Crippen LogP) is 5.35. The lowest BCUT2D eigenvalue weighted by molar-refractivity contribution is 0.188. The van der Waals surface area contributed by atoms with Crippen LogP contribution in [0.25, 0.3) is 0 Å². The van der Waals surface area contributed by atoms with E-state index in [1.165, 1.54) is 0 Å². The van der Waals surface area contributed by atoms with E-state index in [0.29, 0.717) is 17.4 Å². The highest BCUT2D eigenvalue weighted by Gasteiger charge is 2.73. The minimum absolute atomic E-state index is 0.119. The van der Waals surface area contributed by atoms with E-state index in [4.69, 9.17) is 0 Å². The molecular weight excluding hydrogens is 394 g/mol. The average Bonchev–Trinajstić information content (AvgIpc) is 3.33. The van der Waals surface area contributed by atoms with Gasteiger partial charge in [0.05, 0.1) is 18.5 Å². The minimum atomic E-state index is -3.59. The van der Waals surface area contributed by atoms with Gasteiger partial charge in [0, 0.05) is 12.0 Å². The maximum Gasteiger partial charge on any atom is 0.243 e. The normalized spacial score (nSPS) is 29.9. The third-order valence-corrected chi connectivity index (χ3v) is 9.90. The molecule has 1 aliphatic heterocycles. The molecule has 4 rings (SSSR count). The van der Waals surface area contributed by atoms with Gasteiger partial charge in [-0.15, -0.1) is 0 Å². The molecule has 154 valence electrons. The number of fused-ring (bicyclic) bond motifs is 1. The molecule has 0 amide bonds. The van der Waals surface area contributed by atoms with Crippen LogP contribution in [0.2, 0.25) is 19.6 Å². The Labute approximate surface area is 176 Å². The van der Waals surface area contributed by atoms with E-state index in [0.717, 1.165) is 17.5 Å². The SMILES string of the molecule is Cc1ccc(S(=O)(=O)N2CC3C[C@]3(/C=C\[Si](C)(C)C)C2(C)c2ccccc2)cc1. The fourth-order valence-corrected chi connectivity index (χ4v) is 7.57. The topological polar surface area (TPSA) is 37.4 Å². The number of sulfonamides is 1. The van der Waals surface area contributed by atoms with Crippen molar-refractivity contribution < 1.29 is 8.42 Å². The molecular formula is C24H31NO2SSi. The van der Waals surface area contributed by atoms with E-state index in [-0.39, 0.29) is 5.41 Å². The lowest BCUT2D eigenvalue weighted by Gasteiger charge is -2.42. The summed E-state index contributed by atoms with van der Waals surface area (Å²) in [7, 11) is -4.99. The lowest BCUT2D eigenvalue weighted by atomic mass is 9.77. The van der Waals surface area contributed by atoms with Gasteiger partial charge in [0.25, 0.3) is 0 Å².